The van der Waals surface area contributed by atoms with Gasteiger partial charge in [-0.15, -0.1) is 0 Å². The third-order valence-corrected chi connectivity index (χ3v) is 5.98. The lowest BCUT2D eigenvalue weighted by atomic mass is 10.1. The van der Waals surface area contributed by atoms with Crippen molar-refractivity contribution in [3.63, 3.8) is 0 Å². The molecule has 0 spiro atoms. The normalized spacial score (nSPS) is 14.6. The molecule has 0 saturated carbocycles. The Morgan fingerprint density at radius 3 is 2.48 bits per heavy atom. The second kappa shape index (κ2) is 8.50. The van der Waals surface area contributed by atoms with Crippen molar-refractivity contribution in [2.45, 2.75) is 25.8 Å². The summed E-state index contributed by atoms with van der Waals surface area (Å²) in [6.45, 7) is 3.02. The fraction of sp³-hybridized carbons (Fsp3) is 0.333. The predicted molar refractivity (Wildman–Crippen MR) is 115 cm³/mol. The molecule has 5 nitrogen and oxygen atoms in total. The maximum Gasteiger partial charge on any atom is 0.282 e. The minimum Gasteiger partial charge on any atom is -0.345 e. The van der Waals surface area contributed by atoms with Crippen LogP contribution < -0.4 is 9.80 Å². The Morgan fingerprint density at radius 1 is 1.07 bits per heavy atom. The fourth-order valence-corrected chi connectivity index (χ4v) is 4.37. The van der Waals surface area contributed by atoms with E-state index in [4.69, 9.17) is 0 Å². The number of hydrogen-bond donors (Lipinski definition) is 1. The zero-order valence-corrected chi connectivity index (χ0v) is 16.9. The number of para-hydroxylation sites is 2. The molecule has 0 radical (unpaired) electrons. The third kappa shape index (κ3) is 3.90. The van der Waals surface area contributed by atoms with E-state index in [9.17, 15) is 10.1 Å². The van der Waals surface area contributed by atoms with Gasteiger partial charge in [-0.1, -0.05) is 36.4 Å². The van der Waals surface area contributed by atoms with E-state index in [1.165, 1.54) is 24.2 Å². The van der Waals surface area contributed by atoms with Gasteiger partial charge in [0.2, 0.25) is 0 Å². The SMILES string of the molecule is Cn1c(CN(C(=O)C[NH+]2CCCCC2)c2ccccc2)c(C#N)c2ccccc21. The minimum atomic E-state index is 0.113. The summed E-state index contributed by atoms with van der Waals surface area (Å²) in [6, 6.07) is 20.1. The smallest absolute Gasteiger partial charge is 0.282 e. The lowest BCUT2D eigenvalue weighted by Gasteiger charge is -2.28. The molecule has 3 aromatic rings. The largest absolute Gasteiger partial charge is 0.345 e. The first-order valence-corrected chi connectivity index (χ1v) is 10.3. The van der Waals surface area contributed by atoms with Crippen molar-refractivity contribution in [2.75, 3.05) is 24.5 Å². The standard InChI is InChI=1S/C24H26N4O/c1-26-22-13-7-6-12-20(22)21(16-25)23(26)17-28(19-10-4-2-5-11-19)24(29)18-27-14-8-3-9-15-27/h2,4-7,10-13H,3,8-9,14-15,17-18H2,1H3/p+1. The molecule has 0 unspecified atom stereocenters. The van der Waals surface area contributed by atoms with Crippen molar-refractivity contribution in [1.82, 2.24) is 4.57 Å². The van der Waals surface area contributed by atoms with Gasteiger partial charge in [-0.2, -0.15) is 5.26 Å². The Labute approximate surface area is 171 Å². The highest BCUT2D eigenvalue weighted by molar-refractivity contribution is 5.95. The van der Waals surface area contributed by atoms with E-state index >= 15 is 0 Å². The molecule has 1 fully saturated rings. The van der Waals surface area contributed by atoms with E-state index in [0.717, 1.165) is 35.4 Å². The first-order valence-electron chi connectivity index (χ1n) is 10.3. The number of nitrogens with one attached hydrogen (secondary N) is 1. The number of likely N-dealkylation sites (tertiary alicyclic amines) is 1. The molecule has 1 amide bonds. The Bertz CT molecular complexity index is 1040. The van der Waals surface area contributed by atoms with E-state index < -0.39 is 0 Å². The van der Waals surface area contributed by atoms with Crippen LogP contribution in [0, 0.1) is 11.3 Å². The first-order chi connectivity index (χ1) is 14.2. The maximum absolute atomic E-state index is 13.4. The highest BCUT2D eigenvalue weighted by atomic mass is 16.2. The molecule has 0 bridgehead atoms. The van der Waals surface area contributed by atoms with Crippen LogP contribution in [-0.2, 0) is 18.4 Å². The summed E-state index contributed by atoms with van der Waals surface area (Å²) < 4.78 is 2.05. The van der Waals surface area contributed by atoms with Gasteiger partial charge in [-0.05, 0) is 37.5 Å². The van der Waals surface area contributed by atoms with Gasteiger partial charge in [0.15, 0.2) is 6.54 Å². The quantitative estimate of drug-likeness (QED) is 0.732. The molecule has 0 aliphatic carbocycles. The van der Waals surface area contributed by atoms with Crippen LogP contribution in [-0.4, -0.2) is 30.1 Å². The number of benzene rings is 2. The van der Waals surface area contributed by atoms with E-state index in [0.29, 0.717) is 18.7 Å². The summed E-state index contributed by atoms with van der Waals surface area (Å²) in [5, 5.41) is 10.8. The number of nitrogens with zero attached hydrogens (tertiary/aromatic N) is 3. The average molecular weight is 388 g/mol. The van der Waals surface area contributed by atoms with Crippen LogP contribution in [0.3, 0.4) is 0 Å². The van der Waals surface area contributed by atoms with Gasteiger partial charge in [-0.25, -0.2) is 0 Å². The van der Waals surface area contributed by atoms with E-state index in [2.05, 4.69) is 6.07 Å². The Hall–Kier alpha value is -3.10. The molecule has 0 atom stereocenters. The number of carbonyl (C=O) groups excluding carboxylic acids is 1. The number of anilines is 1. The van der Waals surface area contributed by atoms with Gasteiger partial charge in [0, 0.05) is 23.6 Å². The van der Waals surface area contributed by atoms with Gasteiger partial charge < -0.3 is 14.4 Å². The van der Waals surface area contributed by atoms with Gasteiger partial charge in [0.25, 0.3) is 5.91 Å². The summed E-state index contributed by atoms with van der Waals surface area (Å²) in [6.07, 6.45) is 3.65. The molecule has 29 heavy (non-hydrogen) atoms. The molecule has 1 aromatic heterocycles. The molecule has 1 aliphatic rings. The Balaban J connectivity index is 1.69. The molecular formula is C24H27N4O+. The lowest BCUT2D eigenvalue weighted by molar-refractivity contribution is -0.896. The van der Waals surface area contributed by atoms with Crippen LogP contribution in [0.1, 0.15) is 30.5 Å². The summed E-state index contributed by atoms with van der Waals surface area (Å²) in [4.78, 5) is 16.6. The number of aromatic nitrogens is 1. The number of piperidine rings is 1. The number of amides is 1. The monoisotopic (exact) mass is 387 g/mol. The Kier molecular flexibility index (Phi) is 5.64. The fourth-order valence-electron chi connectivity index (χ4n) is 4.37. The zero-order valence-electron chi connectivity index (χ0n) is 16.9. The van der Waals surface area contributed by atoms with Crippen molar-refractivity contribution in [3.05, 3.63) is 65.9 Å². The number of aryl methyl sites for hydroxylation is 1. The van der Waals surface area contributed by atoms with E-state index in [1.54, 1.807) is 0 Å². The number of nitriles is 1. The van der Waals surface area contributed by atoms with Gasteiger partial charge >= 0.3 is 0 Å². The highest BCUT2D eigenvalue weighted by Crippen LogP contribution is 2.27. The number of rotatable bonds is 5. The summed E-state index contributed by atoms with van der Waals surface area (Å²) in [5.74, 6) is 0.113. The molecule has 1 aliphatic heterocycles. The van der Waals surface area contributed by atoms with Crippen molar-refractivity contribution in [2.24, 2.45) is 7.05 Å². The van der Waals surface area contributed by atoms with Gasteiger partial charge in [0.05, 0.1) is 30.9 Å². The van der Waals surface area contributed by atoms with E-state index in [1.807, 2.05) is 71.1 Å². The molecule has 2 heterocycles. The maximum atomic E-state index is 13.4. The van der Waals surface area contributed by atoms with Crippen LogP contribution in [0.4, 0.5) is 5.69 Å². The molecule has 5 heteroatoms. The van der Waals surface area contributed by atoms with Crippen molar-refractivity contribution < 1.29 is 9.69 Å². The van der Waals surface area contributed by atoms with Crippen LogP contribution in [0.5, 0.6) is 0 Å². The highest BCUT2D eigenvalue weighted by Gasteiger charge is 2.26. The van der Waals surface area contributed by atoms with Crippen molar-refractivity contribution in [1.29, 1.82) is 5.26 Å². The molecule has 1 N–H and O–H groups in total. The second-order valence-corrected chi connectivity index (χ2v) is 7.81. The van der Waals surface area contributed by atoms with E-state index in [-0.39, 0.29) is 5.91 Å². The average Bonchev–Trinajstić information content (AvgIpc) is 3.04. The summed E-state index contributed by atoms with van der Waals surface area (Å²) in [7, 11) is 1.97. The third-order valence-electron chi connectivity index (χ3n) is 5.98. The first kappa shape index (κ1) is 19.2. The number of carbonyl (C=O) groups is 1. The summed E-state index contributed by atoms with van der Waals surface area (Å²) in [5.41, 5.74) is 3.42. The van der Waals surface area contributed by atoms with Crippen LogP contribution in [0.2, 0.25) is 0 Å². The predicted octanol–water partition coefficient (Wildman–Crippen LogP) is 2.65. The second-order valence-electron chi connectivity index (χ2n) is 7.81. The Morgan fingerprint density at radius 2 is 1.76 bits per heavy atom. The van der Waals surface area contributed by atoms with Crippen LogP contribution in [0.15, 0.2) is 54.6 Å². The molecular weight excluding hydrogens is 360 g/mol. The molecule has 4 rings (SSSR count). The van der Waals surface area contributed by atoms with Gasteiger partial charge in [-0.3, -0.25) is 4.79 Å². The van der Waals surface area contributed by atoms with Gasteiger partial charge in [0.1, 0.15) is 6.07 Å². The minimum absolute atomic E-state index is 0.113. The molecule has 2 aromatic carbocycles. The van der Waals surface area contributed by atoms with Crippen LogP contribution in [0.25, 0.3) is 10.9 Å². The number of quaternary nitrogens is 1. The zero-order chi connectivity index (χ0) is 20.2. The van der Waals surface area contributed by atoms with Crippen molar-refractivity contribution >= 4 is 22.5 Å². The van der Waals surface area contributed by atoms with Crippen molar-refractivity contribution in [3.8, 4) is 6.07 Å². The number of fused-ring (bicyclic) bond motifs is 1. The molecule has 1 saturated heterocycles. The van der Waals surface area contributed by atoms with Crippen LogP contribution >= 0.6 is 0 Å². The topological polar surface area (TPSA) is 53.5 Å². The molecule has 148 valence electrons. The lowest BCUT2D eigenvalue weighted by Crippen LogP contribution is -3.13. The number of hydrogen-bond acceptors (Lipinski definition) is 2. The summed E-state index contributed by atoms with van der Waals surface area (Å²) >= 11 is 0.